The van der Waals surface area contributed by atoms with Crippen LogP contribution >= 0.6 is 11.6 Å². The average molecular weight is 461 g/mol. The molecule has 0 aromatic heterocycles. The Hall–Kier alpha value is -2.85. The molecule has 1 N–H and O–H groups in total. The third-order valence-corrected chi connectivity index (χ3v) is 7.64. The zero-order chi connectivity index (χ0) is 22.8. The van der Waals surface area contributed by atoms with E-state index in [9.17, 15) is 9.59 Å². The molecule has 3 aromatic carbocycles. The summed E-state index contributed by atoms with van der Waals surface area (Å²) in [6.07, 6.45) is 4.10. The molecule has 3 aromatic rings. The van der Waals surface area contributed by atoms with Gasteiger partial charge in [-0.2, -0.15) is 0 Å². The first kappa shape index (κ1) is 22.0. The van der Waals surface area contributed by atoms with Crippen LogP contribution in [0.15, 0.2) is 66.7 Å². The molecule has 0 spiro atoms. The molecule has 0 unspecified atom stereocenters. The number of nitrogens with one attached hydrogen (secondary N) is 1. The zero-order valence-electron chi connectivity index (χ0n) is 18.7. The summed E-state index contributed by atoms with van der Waals surface area (Å²) >= 11 is 6.38. The number of hydrogen-bond donors (Lipinski definition) is 1. The molecule has 170 valence electrons. The second-order valence-electron chi connectivity index (χ2n) is 9.53. The first-order chi connectivity index (χ1) is 16.0. The highest BCUT2D eigenvalue weighted by Crippen LogP contribution is 2.34. The normalized spacial score (nSPS) is 22.6. The van der Waals surface area contributed by atoms with Gasteiger partial charge in [-0.05, 0) is 53.6 Å². The predicted octanol–water partition coefficient (Wildman–Crippen LogP) is 5.48. The smallest absolute Gasteiger partial charge is 0.222 e. The Bertz CT molecular complexity index is 1190. The molecule has 2 aliphatic rings. The third-order valence-electron chi connectivity index (χ3n) is 7.30. The van der Waals surface area contributed by atoms with E-state index in [1.807, 2.05) is 35.2 Å². The van der Waals surface area contributed by atoms with E-state index in [4.69, 9.17) is 11.6 Å². The van der Waals surface area contributed by atoms with Gasteiger partial charge in [0.25, 0.3) is 0 Å². The Morgan fingerprint density at radius 2 is 1.85 bits per heavy atom. The van der Waals surface area contributed by atoms with Crippen molar-refractivity contribution in [1.29, 1.82) is 0 Å². The largest absolute Gasteiger partial charge is 0.350 e. The van der Waals surface area contributed by atoms with E-state index in [2.05, 4.69) is 41.7 Å². The van der Waals surface area contributed by atoms with Gasteiger partial charge in [0, 0.05) is 42.4 Å². The Morgan fingerprint density at radius 3 is 2.64 bits per heavy atom. The van der Waals surface area contributed by atoms with Crippen molar-refractivity contribution in [2.45, 2.75) is 50.0 Å². The van der Waals surface area contributed by atoms with Crippen LogP contribution in [0.3, 0.4) is 0 Å². The number of benzene rings is 3. The van der Waals surface area contributed by atoms with Crippen LogP contribution in [0.1, 0.15) is 49.1 Å². The molecule has 5 rings (SSSR count). The Labute approximate surface area is 199 Å². The minimum absolute atomic E-state index is 0.0863. The Kier molecular flexibility index (Phi) is 6.11. The van der Waals surface area contributed by atoms with E-state index < -0.39 is 0 Å². The van der Waals surface area contributed by atoms with Crippen molar-refractivity contribution in [2.75, 3.05) is 13.1 Å². The average Bonchev–Trinajstić information content (AvgIpc) is 3.45. The van der Waals surface area contributed by atoms with Crippen LogP contribution in [-0.4, -0.2) is 35.3 Å². The summed E-state index contributed by atoms with van der Waals surface area (Å²) in [5.41, 5.74) is 1.98. The van der Waals surface area contributed by atoms with Gasteiger partial charge in [0.2, 0.25) is 11.8 Å². The summed E-state index contributed by atoms with van der Waals surface area (Å²) in [6, 6.07) is 22.7. The Balaban J connectivity index is 1.25. The first-order valence-corrected chi connectivity index (χ1v) is 12.2. The number of rotatable bonds is 6. The molecule has 0 bridgehead atoms. The predicted molar refractivity (Wildman–Crippen MR) is 132 cm³/mol. The molecule has 33 heavy (non-hydrogen) atoms. The number of amides is 2. The number of nitrogens with zero attached hydrogens (tertiary/aromatic N) is 1. The Morgan fingerprint density at radius 1 is 1.06 bits per heavy atom. The lowest BCUT2D eigenvalue weighted by Gasteiger charge is -2.30. The van der Waals surface area contributed by atoms with Crippen molar-refractivity contribution in [3.8, 4) is 0 Å². The summed E-state index contributed by atoms with van der Waals surface area (Å²) in [6.45, 7) is 1.48. The molecule has 2 heterocycles. The van der Waals surface area contributed by atoms with Crippen molar-refractivity contribution in [3.63, 3.8) is 0 Å². The van der Waals surface area contributed by atoms with E-state index in [1.165, 1.54) is 16.3 Å². The number of fused-ring (bicyclic) bond motifs is 1. The quantitative estimate of drug-likeness (QED) is 0.529. The second kappa shape index (κ2) is 9.18. The van der Waals surface area contributed by atoms with Gasteiger partial charge in [-0.3, -0.25) is 9.59 Å². The van der Waals surface area contributed by atoms with Crippen molar-refractivity contribution < 1.29 is 9.59 Å². The molecule has 4 nitrogen and oxygen atoms in total. The maximum Gasteiger partial charge on any atom is 0.222 e. The summed E-state index contributed by atoms with van der Waals surface area (Å²) in [5, 5.41) is 6.42. The third kappa shape index (κ3) is 4.77. The van der Waals surface area contributed by atoms with Crippen LogP contribution in [-0.2, 0) is 16.0 Å². The van der Waals surface area contributed by atoms with E-state index in [0.29, 0.717) is 31.7 Å². The van der Waals surface area contributed by atoms with Crippen molar-refractivity contribution in [3.05, 3.63) is 82.9 Å². The number of halogens is 1. The fourth-order valence-corrected chi connectivity index (χ4v) is 5.76. The molecule has 0 saturated carbocycles. The fraction of sp³-hybridized carbons (Fsp3) is 0.357. The van der Waals surface area contributed by atoms with Gasteiger partial charge in [-0.15, -0.1) is 0 Å². The summed E-state index contributed by atoms with van der Waals surface area (Å²) in [7, 11) is 0. The van der Waals surface area contributed by atoms with Gasteiger partial charge >= 0.3 is 0 Å². The van der Waals surface area contributed by atoms with Gasteiger partial charge < -0.3 is 10.2 Å². The van der Waals surface area contributed by atoms with Crippen molar-refractivity contribution in [1.82, 2.24) is 10.2 Å². The highest BCUT2D eigenvalue weighted by Gasteiger charge is 2.39. The molecule has 2 fully saturated rings. The van der Waals surface area contributed by atoms with E-state index >= 15 is 0 Å². The molecule has 2 saturated heterocycles. The second-order valence-corrected chi connectivity index (χ2v) is 9.94. The van der Waals surface area contributed by atoms with Crippen LogP contribution < -0.4 is 5.32 Å². The summed E-state index contributed by atoms with van der Waals surface area (Å²) in [4.78, 5) is 27.2. The summed E-state index contributed by atoms with van der Waals surface area (Å²) < 4.78 is 0. The number of likely N-dealkylation sites (tertiary alicyclic amines) is 1. The minimum atomic E-state index is -0.350. The van der Waals surface area contributed by atoms with Gasteiger partial charge in [-0.1, -0.05) is 72.3 Å². The van der Waals surface area contributed by atoms with Crippen molar-refractivity contribution >= 4 is 34.2 Å². The lowest BCUT2D eigenvalue weighted by Crippen LogP contribution is -2.44. The van der Waals surface area contributed by atoms with Crippen LogP contribution in [0.2, 0.25) is 5.02 Å². The summed E-state index contributed by atoms with van der Waals surface area (Å²) in [5.74, 6) is 0.548. The van der Waals surface area contributed by atoms with Crippen LogP contribution in [0.4, 0.5) is 0 Å². The van der Waals surface area contributed by atoms with E-state index in [0.717, 1.165) is 36.4 Å². The highest BCUT2D eigenvalue weighted by atomic mass is 35.5. The molecule has 2 atom stereocenters. The number of carbonyl (C=O) groups is 2. The lowest BCUT2D eigenvalue weighted by atomic mass is 9.84. The van der Waals surface area contributed by atoms with Gasteiger partial charge in [-0.25, -0.2) is 0 Å². The zero-order valence-corrected chi connectivity index (χ0v) is 19.5. The molecular weight excluding hydrogens is 432 g/mol. The molecule has 5 heteroatoms. The van der Waals surface area contributed by atoms with Crippen LogP contribution in [0, 0.1) is 0 Å². The molecule has 0 aliphatic carbocycles. The molecule has 0 radical (unpaired) electrons. The maximum absolute atomic E-state index is 13.1. The minimum Gasteiger partial charge on any atom is -0.350 e. The van der Waals surface area contributed by atoms with Gasteiger partial charge in [0.1, 0.15) is 0 Å². The van der Waals surface area contributed by atoms with Gasteiger partial charge in [0.05, 0.1) is 0 Å². The standard InChI is InChI=1S/C28H29ClN2O2/c29-25-8-4-3-7-24(25)23-13-16-31(19-23)27(33)12-15-28(14-11-26(32)30-28)18-20-9-10-21-5-1-2-6-22(21)17-20/h1-10,17,23H,11-16,18-19H2,(H,30,32)/t23-,28-/m0/s1. The molecule has 2 aliphatic heterocycles. The SMILES string of the molecule is O=C1CC[C@](CCC(=O)N2CC[C@H](c3ccccc3Cl)C2)(Cc2ccc3ccccc3c2)N1. The maximum atomic E-state index is 13.1. The molecular formula is C28H29ClN2O2. The van der Waals surface area contributed by atoms with Gasteiger partial charge in [0.15, 0.2) is 0 Å². The van der Waals surface area contributed by atoms with E-state index in [1.54, 1.807) is 0 Å². The lowest BCUT2D eigenvalue weighted by molar-refractivity contribution is -0.131. The van der Waals surface area contributed by atoms with Crippen molar-refractivity contribution in [2.24, 2.45) is 0 Å². The highest BCUT2D eigenvalue weighted by molar-refractivity contribution is 6.31. The number of carbonyl (C=O) groups excluding carboxylic acids is 2. The molecule has 2 amide bonds. The first-order valence-electron chi connectivity index (χ1n) is 11.8. The van der Waals surface area contributed by atoms with E-state index in [-0.39, 0.29) is 17.4 Å². The monoisotopic (exact) mass is 460 g/mol. The van der Waals surface area contributed by atoms with Crippen LogP contribution in [0.5, 0.6) is 0 Å². The topological polar surface area (TPSA) is 49.4 Å². The fourth-order valence-electron chi connectivity index (χ4n) is 5.47. The van der Waals surface area contributed by atoms with Crippen LogP contribution in [0.25, 0.3) is 10.8 Å². The number of hydrogen-bond acceptors (Lipinski definition) is 2.